The number of carbonyl (C=O) groups is 2. The SMILES string of the molecule is O=C(O)[C@@H]1[C@H]2C[C@@H]3[C@H](OC(=O)[C@@H]31)[C@H]2Sc1ccc(Cl)cc1. The zero-order chi connectivity index (χ0) is 14.7. The van der Waals surface area contributed by atoms with Gasteiger partial charge in [0.05, 0.1) is 17.1 Å². The second kappa shape index (κ2) is 4.65. The van der Waals surface area contributed by atoms with Crippen molar-refractivity contribution in [1.29, 1.82) is 0 Å². The first-order valence-corrected chi connectivity index (χ1v) is 8.17. The van der Waals surface area contributed by atoms with Crippen molar-refractivity contribution < 1.29 is 19.4 Å². The molecule has 6 heteroatoms. The first-order chi connectivity index (χ1) is 10.1. The fourth-order valence-electron chi connectivity index (χ4n) is 4.15. The third kappa shape index (κ3) is 1.90. The lowest BCUT2D eigenvalue weighted by molar-refractivity contribution is -0.151. The summed E-state index contributed by atoms with van der Waals surface area (Å²) in [6, 6.07) is 7.47. The van der Waals surface area contributed by atoms with E-state index in [1.807, 2.05) is 24.3 Å². The molecule has 1 aliphatic heterocycles. The fraction of sp³-hybridized carbons (Fsp3) is 0.467. The number of carboxylic acid groups (broad SMARTS) is 1. The van der Waals surface area contributed by atoms with Gasteiger partial charge in [-0.1, -0.05) is 11.6 Å². The molecule has 6 atom stereocenters. The average Bonchev–Trinajstić information content (AvgIpc) is 3.04. The predicted molar refractivity (Wildman–Crippen MR) is 77.2 cm³/mol. The minimum Gasteiger partial charge on any atom is -0.481 e. The largest absolute Gasteiger partial charge is 0.481 e. The van der Waals surface area contributed by atoms with E-state index in [2.05, 4.69) is 0 Å². The van der Waals surface area contributed by atoms with Gasteiger partial charge in [-0.3, -0.25) is 9.59 Å². The second-order valence-electron chi connectivity index (χ2n) is 5.89. The number of halogens is 1. The number of hydrogen-bond donors (Lipinski definition) is 1. The molecule has 0 radical (unpaired) electrons. The van der Waals surface area contributed by atoms with Crippen molar-refractivity contribution in [3.8, 4) is 0 Å². The van der Waals surface area contributed by atoms with Crippen molar-refractivity contribution in [3.05, 3.63) is 29.3 Å². The van der Waals surface area contributed by atoms with E-state index in [0.717, 1.165) is 11.3 Å². The predicted octanol–water partition coefficient (Wildman–Crippen LogP) is 2.69. The first kappa shape index (κ1) is 13.5. The van der Waals surface area contributed by atoms with Crippen LogP contribution in [0.15, 0.2) is 29.2 Å². The molecule has 1 saturated heterocycles. The van der Waals surface area contributed by atoms with Crippen molar-refractivity contribution >= 4 is 35.3 Å². The van der Waals surface area contributed by atoms with Gasteiger partial charge in [0.15, 0.2) is 0 Å². The molecule has 3 aliphatic rings. The van der Waals surface area contributed by atoms with Crippen LogP contribution in [-0.4, -0.2) is 28.4 Å². The molecular formula is C15H13ClO4S. The Kier molecular flexibility index (Phi) is 2.98. The van der Waals surface area contributed by atoms with Crippen LogP contribution < -0.4 is 0 Å². The van der Waals surface area contributed by atoms with Gasteiger partial charge in [-0.2, -0.15) is 0 Å². The molecule has 0 aromatic heterocycles. The van der Waals surface area contributed by atoms with E-state index in [-0.39, 0.29) is 29.2 Å². The molecule has 1 N–H and O–H groups in total. The summed E-state index contributed by atoms with van der Waals surface area (Å²) in [5.74, 6) is -2.13. The smallest absolute Gasteiger partial charge is 0.310 e. The van der Waals surface area contributed by atoms with Crippen LogP contribution in [-0.2, 0) is 14.3 Å². The van der Waals surface area contributed by atoms with Gasteiger partial charge >= 0.3 is 11.9 Å². The number of ether oxygens (including phenoxy) is 1. The van der Waals surface area contributed by atoms with Gasteiger partial charge in [0.25, 0.3) is 0 Å². The van der Waals surface area contributed by atoms with Gasteiger partial charge in [-0.05, 0) is 36.6 Å². The van der Waals surface area contributed by atoms with Crippen LogP contribution in [0.2, 0.25) is 5.02 Å². The quantitative estimate of drug-likeness (QED) is 0.866. The maximum Gasteiger partial charge on any atom is 0.310 e. The minimum absolute atomic E-state index is 0.00891. The Balaban J connectivity index is 1.63. The van der Waals surface area contributed by atoms with Crippen LogP contribution in [0.3, 0.4) is 0 Å². The number of aliphatic carboxylic acids is 1. The summed E-state index contributed by atoms with van der Waals surface area (Å²) in [6.45, 7) is 0. The van der Waals surface area contributed by atoms with E-state index in [4.69, 9.17) is 16.3 Å². The number of esters is 1. The van der Waals surface area contributed by atoms with Gasteiger partial charge in [0.2, 0.25) is 0 Å². The highest BCUT2D eigenvalue weighted by molar-refractivity contribution is 8.00. The number of rotatable bonds is 3. The molecule has 110 valence electrons. The molecule has 2 bridgehead atoms. The van der Waals surface area contributed by atoms with Gasteiger partial charge in [-0.15, -0.1) is 11.8 Å². The normalized spacial score (nSPS) is 39.6. The van der Waals surface area contributed by atoms with E-state index < -0.39 is 17.8 Å². The maximum atomic E-state index is 11.9. The highest BCUT2D eigenvalue weighted by Crippen LogP contribution is 2.61. The summed E-state index contributed by atoms with van der Waals surface area (Å²) in [5.41, 5.74) is 0. The Labute approximate surface area is 130 Å². The monoisotopic (exact) mass is 324 g/mol. The average molecular weight is 325 g/mol. The van der Waals surface area contributed by atoms with Crippen molar-refractivity contribution in [2.24, 2.45) is 23.7 Å². The molecule has 1 aromatic rings. The number of benzene rings is 1. The van der Waals surface area contributed by atoms with Crippen molar-refractivity contribution in [3.63, 3.8) is 0 Å². The Morgan fingerprint density at radius 1 is 1.29 bits per heavy atom. The van der Waals surface area contributed by atoms with Crippen molar-refractivity contribution in [1.82, 2.24) is 0 Å². The lowest BCUT2D eigenvalue weighted by Crippen LogP contribution is -2.39. The van der Waals surface area contributed by atoms with E-state index >= 15 is 0 Å². The van der Waals surface area contributed by atoms with Crippen LogP contribution in [0, 0.1) is 23.7 Å². The van der Waals surface area contributed by atoms with Crippen molar-refractivity contribution in [2.45, 2.75) is 22.7 Å². The summed E-state index contributed by atoms with van der Waals surface area (Å²) in [6.07, 6.45) is 0.646. The van der Waals surface area contributed by atoms with Gasteiger partial charge in [0.1, 0.15) is 6.10 Å². The number of carbonyl (C=O) groups excluding carboxylic acids is 1. The fourth-order valence-corrected chi connectivity index (χ4v) is 5.73. The molecule has 4 rings (SSSR count). The van der Waals surface area contributed by atoms with E-state index in [0.29, 0.717) is 5.02 Å². The molecule has 4 nitrogen and oxygen atoms in total. The Bertz CT molecular complexity index is 617. The maximum absolute atomic E-state index is 11.9. The lowest BCUT2D eigenvalue weighted by Gasteiger charge is -2.29. The van der Waals surface area contributed by atoms with E-state index in [9.17, 15) is 14.7 Å². The molecule has 3 fully saturated rings. The van der Waals surface area contributed by atoms with Crippen LogP contribution in [0.25, 0.3) is 0 Å². The number of hydrogen-bond acceptors (Lipinski definition) is 4. The summed E-state index contributed by atoms with van der Waals surface area (Å²) >= 11 is 7.49. The minimum atomic E-state index is -0.869. The standard InChI is InChI=1S/C15H13ClO4S/c16-6-1-3-7(4-2-6)21-13-9-5-8-11(10(9)14(17)18)15(19)20-12(8)13/h1-4,8-13H,5H2,(H,17,18)/t8-,9+,10+,11-,12-,13-/m0/s1. The molecule has 1 heterocycles. The second-order valence-corrected chi connectivity index (χ2v) is 7.58. The Hall–Kier alpha value is -1.20. The lowest BCUT2D eigenvalue weighted by atomic mass is 9.80. The van der Waals surface area contributed by atoms with E-state index in [1.165, 1.54) is 0 Å². The molecule has 0 spiro atoms. The van der Waals surface area contributed by atoms with Gasteiger partial charge in [0, 0.05) is 15.8 Å². The zero-order valence-electron chi connectivity index (χ0n) is 10.9. The first-order valence-electron chi connectivity index (χ1n) is 6.92. The molecule has 21 heavy (non-hydrogen) atoms. The third-order valence-corrected chi connectivity index (χ3v) is 6.60. The van der Waals surface area contributed by atoms with Crippen molar-refractivity contribution in [2.75, 3.05) is 0 Å². The third-order valence-electron chi connectivity index (χ3n) is 4.92. The molecular weight excluding hydrogens is 312 g/mol. The van der Waals surface area contributed by atoms with Crippen LogP contribution >= 0.6 is 23.4 Å². The van der Waals surface area contributed by atoms with Crippen LogP contribution in [0.4, 0.5) is 0 Å². The number of carboxylic acids is 1. The Morgan fingerprint density at radius 2 is 2.00 bits per heavy atom. The number of fused-ring (bicyclic) bond motifs is 1. The highest BCUT2D eigenvalue weighted by atomic mass is 35.5. The Morgan fingerprint density at radius 3 is 2.67 bits per heavy atom. The molecule has 2 aliphatic carbocycles. The molecule has 1 aromatic carbocycles. The molecule has 2 saturated carbocycles. The highest BCUT2D eigenvalue weighted by Gasteiger charge is 2.68. The van der Waals surface area contributed by atoms with E-state index in [1.54, 1.807) is 11.8 Å². The molecule has 0 unspecified atom stereocenters. The summed E-state index contributed by atoms with van der Waals surface area (Å²) in [7, 11) is 0. The molecule has 0 amide bonds. The summed E-state index contributed by atoms with van der Waals surface area (Å²) in [5, 5.41) is 10.2. The summed E-state index contributed by atoms with van der Waals surface area (Å²) in [4.78, 5) is 24.5. The van der Waals surface area contributed by atoms with Gasteiger partial charge in [-0.25, -0.2) is 0 Å². The number of thioether (sulfide) groups is 1. The summed E-state index contributed by atoms with van der Waals surface area (Å²) < 4.78 is 5.48. The van der Waals surface area contributed by atoms with Gasteiger partial charge < -0.3 is 9.84 Å². The zero-order valence-corrected chi connectivity index (χ0v) is 12.5. The topological polar surface area (TPSA) is 63.6 Å². The van der Waals surface area contributed by atoms with Crippen LogP contribution in [0.1, 0.15) is 6.42 Å². The van der Waals surface area contributed by atoms with Crippen LogP contribution in [0.5, 0.6) is 0 Å².